The van der Waals surface area contributed by atoms with Crippen molar-refractivity contribution in [2.24, 2.45) is 0 Å². The van der Waals surface area contributed by atoms with Crippen molar-refractivity contribution in [2.75, 3.05) is 45.9 Å². The standard InChI is InChI=1S/C18H22FN3O2/c19-17-5-2-16(3-6-17)4-7-18(23)22(9-1-8-20)11-10-21-12-14-24-15-13-21/h2-7H,1,9-15H2/b7-4+. The van der Waals surface area contributed by atoms with Gasteiger partial charge in [0.25, 0.3) is 0 Å². The Morgan fingerprint density at radius 2 is 2.00 bits per heavy atom. The van der Waals surface area contributed by atoms with Crippen LogP contribution in [-0.4, -0.2) is 61.6 Å². The first kappa shape index (κ1) is 18.1. The van der Waals surface area contributed by atoms with Gasteiger partial charge in [0.1, 0.15) is 5.82 Å². The smallest absolute Gasteiger partial charge is 0.246 e. The van der Waals surface area contributed by atoms with Crippen molar-refractivity contribution in [1.29, 1.82) is 5.26 Å². The molecule has 0 aromatic heterocycles. The SMILES string of the molecule is N#CCCN(CCN1CCOCC1)C(=O)/C=C/c1ccc(F)cc1. The zero-order valence-corrected chi connectivity index (χ0v) is 13.7. The summed E-state index contributed by atoms with van der Waals surface area (Å²) in [4.78, 5) is 16.3. The van der Waals surface area contributed by atoms with Crippen molar-refractivity contribution >= 4 is 12.0 Å². The third kappa shape index (κ3) is 6.11. The summed E-state index contributed by atoms with van der Waals surface area (Å²) >= 11 is 0. The van der Waals surface area contributed by atoms with Crippen LogP contribution in [0.4, 0.5) is 4.39 Å². The summed E-state index contributed by atoms with van der Waals surface area (Å²) in [6.45, 7) is 4.93. The molecule has 5 nitrogen and oxygen atoms in total. The van der Waals surface area contributed by atoms with Gasteiger partial charge >= 0.3 is 0 Å². The number of carbonyl (C=O) groups excluding carboxylic acids is 1. The lowest BCUT2D eigenvalue weighted by molar-refractivity contribution is -0.126. The first-order valence-electron chi connectivity index (χ1n) is 8.08. The van der Waals surface area contributed by atoms with Gasteiger partial charge in [0.2, 0.25) is 5.91 Å². The van der Waals surface area contributed by atoms with Crippen molar-refractivity contribution in [3.05, 3.63) is 41.7 Å². The van der Waals surface area contributed by atoms with E-state index in [1.165, 1.54) is 18.2 Å². The Labute approximate surface area is 141 Å². The molecule has 1 aromatic carbocycles. The normalized spacial score (nSPS) is 15.3. The Hall–Kier alpha value is -2.23. The number of halogens is 1. The Morgan fingerprint density at radius 3 is 2.67 bits per heavy atom. The second kappa shape index (κ2) is 9.81. The van der Waals surface area contributed by atoms with Crippen LogP contribution in [0.15, 0.2) is 30.3 Å². The van der Waals surface area contributed by atoms with Gasteiger partial charge in [0.05, 0.1) is 25.7 Å². The van der Waals surface area contributed by atoms with Gasteiger partial charge in [-0.25, -0.2) is 4.39 Å². The lowest BCUT2D eigenvalue weighted by atomic mass is 10.2. The van der Waals surface area contributed by atoms with Gasteiger partial charge in [-0.1, -0.05) is 12.1 Å². The second-order valence-corrected chi connectivity index (χ2v) is 5.57. The first-order chi connectivity index (χ1) is 11.7. The fraction of sp³-hybridized carbons (Fsp3) is 0.444. The molecule has 1 aliphatic heterocycles. The quantitative estimate of drug-likeness (QED) is 0.716. The van der Waals surface area contributed by atoms with Gasteiger partial charge in [0.15, 0.2) is 0 Å². The molecule has 1 saturated heterocycles. The number of nitrogens with zero attached hydrogens (tertiary/aromatic N) is 3. The number of rotatable bonds is 7. The average molecular weight is 331 g/mol. The Kier molecular flexibility index (Phi) is 7.40. The molecule has 1 amide bonds. The van der Waals surface area contributed by atoms with E-state index in [0.717, 1.165) is 38.4 Å². The topological polar surface area (TPSA) is 56.6 Å². The molecule has 0 spiro atoms. The molecule has 2 rings (SSSR count). The number of morpholine rings is 1. The molecule has 0 unspecified atom stereocenters. The number of benzene rings is 1. The molecule has 128 valence electrons. The summed E-state index contributed by atoms with van der Waals surface area (Å²) in [6.07, 6.45) is 3.44. The second-order valence-electron chi connectivity index (χ2n) is 5.57. The minimum atomic E-state index is -0.306. The average Bonchev–Trinajstić information content (AvgIpc) is 2.62. The van der Waals surface area contributed by atoms with Crippen LogP contribution in [0, 0.1) is 17.1 Å². The number of ether oxygens (including phenoxy) is 1. The number of nitriles is 1. The summed E-state index contributed by atoms with van der Waals surface area (Å²) in [6, 6.07) is 8.03. The van der Waals surface area contributed by atoms with Gasteiger partial charge in [-0.05, 0) is 23.8 Å². The molecule has 0 saturated carbocycles. The molecule has 0 bridgehead atoms. The highest BCUT2D eigenvalue weighted by atomic mass is 19.1. The number of carbonyl (C=O) groups is 1. The summed E-state index contributed by atoms with van der Waals surface area (Å²) < 4.78 is 18.2. The predicted octanol–water partition coefficient (Wildman–Crippen LogP) is 1.91. The summed E-state index contributed by atoms with van der Waals surface area (Å²) in [5, 5.41) is 8.78. The fourth-order valence-corrected chi connectivity index (χ4v) is 2.45. The Balaban J connectivity index is 1.90. The molecular formula is C18H22FN3O2. The molecule has 0 N–H and O–H groups in total. The van der Waals surface area contributed by atoms with Crippen LogP contribution in [0.25, 0.3) is 6.08 Å². The summed E-state index contributed by atoms with van der Waals surface area (Å²) in [5.41, 5.74) is 0.762. The monoisotopic (exact) mass is 331 g/mol. The van der Waals surface area contributed by atoms with Crippen LogP contribution in [-0.2, 0) is 9.53 Å². The third-order valence-corrected chi connectivity index (χ3v) is 3.88. The predicted molar refractivity (Wildman–Crippen MR) is 89.5 cm³/mol. The molecule has 1 fully saturated rings. The van der Waals surface area contributed by atoms with E-state index in [-0.39, 0.29) is 11.7 Å². The van der Waals surface area contributed by atoms with Crippen molar-refractivity contribution in [1.82, 2.24) is 9.80 Å². The van der Waals surface area contributed by atoms with E-state index < -0.39 is 0 Å². The molecule has 6 heteroatoms. The number of hydrogen-bond acceptors (Lipinski definition) is 4. The zero-order valence-electron chi connectivity index (χ0n) is 13.7. The van der Waals surface area contributed by atoms with Gasteiger partial charge in [0, 0.05) is 38.8 Å². The van der Waals surface area contributed by atoms with Gasteiger partial charge in [-0.2, -0.15) is 5.26 Å². The number of hydrogen-bond donors (Lipinski definition) is 0. The van der Waals surface area contributed by atoms with Gasteiger partial charge in [-0.15, -0.1) is 0 Å². The highest BCUT2D eigenvalue weighted by molar-refractivity contribution is 5.91. The molecule has 0 radical (unpaired) electrons. The van der Waals surface area contributed by atoms with Crippen LogP contribution in [0.3, 0.4) is 0 Å². The van der Waals surface area contributed by atoms with Crippen molar-refractivity contribution in [3.63, 3.8) is 0 Å². The van der Waals surface area contributed by atoms with Crippen molar-refractivity contribution in [3.8, 4) is 6.07 Å². The molecule has 1 heterocycles. The summed E-state index contributed by atoms with van der Waals surface area (Å²) in [7, 11) is 0. The molecule has 1 aromatic rings. The summed E-state index contributed by atoms with van der Waals surface area (Å²) in [5.74, 6) is -0.442. The van der Waals surface area contributed by atoms with Crippen LogP contribution in [0.5, 0.6) is 0 Å². The van der Waals surface area contributed by atoms with Gasteiger partial charge in [-0.3, -0.25) is 9.69 Å². The zero-order chi connectivity index (χ0) is 17.2. The van der Waals surface area contributed by atoms with Crippen LogP contribution < -0.4 is 0 Å². The fourth-order valence-electron chi connectivity index (χ4n) is 2.45. The molecule has 0 aliphatic carbocycles. The molecule has 1 aliphatic rings. The van der Waals surface area contributed by atoms with E-state index in [2.05, 4.69) is 11.0 Å². The first-order valence-corrected chi connectivity index (χ1v) is 8.08. The highest BCUT2D eigenvalue weighted by Gasteiger charge is 2.14. The van der Waals surface area contributed by atoms with E-state index >= 15 is 0 Å². The van der Waals surface area contributed by atoms with E-state index in [0.29, 0.717) is 19.5 Å². The van der Waals surface area contributed by atoms with Gasteiger partial charge < -0.3 is 9.64 Å². The van der Waals surface area contributed by atoms with Crippen molar-refractivity contribution < 1.29 is 13.9 Å². The van der Waals surface area contributed by atoms with Crippen LogP contribution in [0.1, 0.15) is 12.0 Å². The Morgan fingerprint density at radius 1 is 1.29 bits per heavy atom. The lowest BCUT2D eigenvalue weighted by Crippen LogP contribution is -2.43. The van der Waals surface area contributed by atoms with E-state index in [1.807, 2.05) is 0 Å². The number of amides is 1. The van der Waals surface area contributed by atoms with Crippen molar-refractivity contribution in [2.45, 2.75) is 6.42 Å². The van der Waals surface area contributed by atoms with E-state index in [1.54, 1.807) is 23.1 Å². The van der Waals surface area contributed by atoms with Crippen LogP contribution in [0.2, 0.25) is 0 Å². The maximum Gasteiger partial charge on any atom is 0.246 e. The maximum absolute atomic E-state index is 12.9. The Bertz CT molecular complexity index is 589. The molecular weight excluding hydrogens is 309 g/mol. The minimum Gasteiger partial charge on any atom is -0.379 e. The largest absolute Gasteiger partial charge is 0.379 e. The van der Waals surface area contributed by atoms with Crippen LogP contribution >= 0.6 is 0 Å². The minimum absolute atomic E-state index is 0.136. The molecule has 24 heavy (non-hydrogen) atoms. The third-order valence-electron chi connectivity index (χ3n) is 3.88. The lowest BCUT2D eigenvalue weighted by Gasteiger charge is -2.29. The highest BCUT2D eigenvalue weighted by Crippen LogP contribution is 2.06. The molecule has 0 atom stereocenters. The van der Waals surface area contributed by atoms with E-state index in [4.69, 9.17) is 10.00 Å². The van der Waals surface area contributed by atoms with E-state index in [9.17, 15) is 9.18 Å². The maximum atomic E-state index is 12.9.